The second kappa shape index (κ2) is 6.72. The van der Waals surface area contributed by atoms with Crippen molar-refractivity contribution >= 4 is 17.0 Å². The van der Waals surface area contributed by atoms with Crippen LogP contribution in [0, 0.1) is 0 Å². The van der Waals surface area contributed by atoms with Gasteiger partial charge >= 0.3 is 0 Å². The summed E-state index contributed by atoms with van der Waals surface area (Å²) in [6.45, 7) is 2.73. The van der Waals surface area contributed by atoms with E-state index in [9.17, 15) is 5.11 Å². The first-order chi connectivity index (χ1) is 10.7. The Morgan fingerprint density at radius 1 is 1.23 bits per heavy atom. The topological polar surface area (TPSA) is 62.4 Å². The molecule has 0 saturated carbocycles. The van der Waals surface area contributed by atoms with Crippen LogP contribution in [0.3, 0.4) is 0 Å². The highest BCUT2D eigenvalue weighted by Gasteiger charge is 2.15. The van der Waals surface area contributed by atoms with Gasteiger partial charge in [-0.25, -0.2) is 0 Å². The van der Waals surface area contributed by atoms with E-state index in [1.54, 1.807) is 18.3 Å². The van der Waals surface area contributed by atoms with Crippen molar-refractivity contribution in [2.45, 2.75) is 19.6 Å². The molecule has 0 saturated heterocycles. The molecule has 2 heterocycles. The van der Waals surface area contributed by atoms with E-state index < -0.39 is 6.10 Å². The van der Waals surface area contributed by atoms with Gasteiger partial charge in [-0.3, -0.25) is 0 Å². The maximum atomic E-state index is 9.71. The Hall–Kier alpha value is -2.18. The first kappa shape index (κ1) is 14.7. The van der Waals surface area contributed by atoms with Gasteiger partial charge in [0.05, 0.1) is 17.5 Å². The number of rotatable bonds is 6. The van der Waals surface area contributed by atoms with Crippen molar-refractivity contribution in [2.75, 3.05) is 11.4 Å². The van der Waals surface area contributed by atoms with Crippen LogP contribution in [0.2, 0.25) is 0 Å². The maximum Gasteiger partial charge on any atom is 0.246 e. The van der Waals surface area contributed by atoms with E-state index >= 15 is 0 Å². The largest absolute Gasteiger partial charge is 0.392 e. The van der Waals surface area contributed by atoms with Gasteiger partial charge in [0, 0.05) is 12.2 Å². The number of aromatic nitrogens is 2. The van der Waals surface area contributed by atoms with Crippen molar-refractivity contribution in [3.8, 4) is 10.7 Å². The van der Waals surface area contributed by atoms with Crippen molar-refractivity contribution in [1.29, 1.82) is 0 Å². The van der Waals surface area contributed by atoms with Crippen molar-refractivity contribution in [1.82, 2.24) is 10.1 Å². The molecule has 1 aromatic carbocycles. The molecule has 1 N–H and O–H groups in total. The van der Waals surface area contributed by atoms with Crippen molar-refractivity contribution in [3.63, 3.8) is 0 Å². The first-order valence-corrected chi connectivity index (χ1v) is 7.95. The quantitative estimate of drug-likeness (QED) is 0.757. The van der Waals surface area contributed by atoms with Crippen LogP contribution in [0.5, 0.6) is 0 Å². The van der Waals surface area contributed by atoms with E-state index in [1.165, 1.54) is 0 Å². The minimum Gasteiger partial charge on any atom is -0.392 e. The van der Waals surface area contributed by atoms with Crippen LogP contribution >= 0.6 is 11.3 Å². The third-order valence-electron chi connectivity index (χ3n) is 3.14. The second-order valence-electron chi connectivity index (χ2n) is 5.05. The number of anilines is 1. The summed E-state index contributed by atoms with van der Waals surface area (Å²) in [7, 11) is 0. The number of aliphatic hydroxyl groups excluding tert-OH is 1. The minimum absolute atomic E-state index is 0.445. The van der Waals surface area contributed by atoms with Crippen LogP contribution in [-0.2, 0) is 6.54 Å². The molecule has 1 atom stereocenters. The highest BCUT2D eigenvalue weighted by Crippen LogP contribution is 2.22. The summed E-state index contributed by atoms with van der Waals surface area (Å²) in [6, 6.07) is 13.8. The normalized spacial score (nSPS) is 12.3. The maximum absolute atomic E-state index is 9.71. The van der Waals surface area contributed by atoms with Crippen LogP contribution in [0.4, 0.5) is 5.69 Å². The van der Waals surface area contributed by atoms with E-state index in [2.05, 4.69) is 10.1 Å². The fraction of sp³-hybridized carbons (Fsp3) is 0.250. The van der Waals surface area contributed by atoms with Crippen LogP contribution in [0.1, 0.15) is 12.8 Å². The number of hydrogen-bond acceptors (Lipinski definition) is 6. The van der Waals surface area contributed by atoms with E-state index in [4.69, 9.17) is 4.52 Å². The van der Waals surface area contributed by atoms with Crippen LogP contribution in [0.15, 0.2) is 52.4 Å². The lowest BCUT2D eigenvalue weighted by molar-refractivity contribution is 0.198. The summed E-state index contributed by atoms with van der Waals surface area (Å²) in [5, 5.41) is 15.7. The zero-order valence-electron chi connectivity index (χ0n) is 12.2. The molecule has 114 valence electrons. The van der Waals surface area contributed by atoms with Gasteiger partial charge < -0.3 is 14.5 Å². The van der Waals surface area contributed by atoms with Gasteiger partial charge in [0.15, 0.2) is 0 Å². The van der Waals surface area contributed by atoms with Gasteiger partial charge in [0.1, 0.15) is 0 Å². The summed E-state index contributed by atoms with van der Waals surface area (Å²) < 4.78 is 5.34. The Morgan fingerprint density at radius 2 is 2.05 bits per heavy atom. The van der Waals surface area contributed by atoms with E-state index in [0.717, 1.165) is 10.6 Å². The second-order valence-corrected chi connectivity index (χ2v) is 6.00. The summed E-state index contributed by atoms with van der Waals surface area (Å²) in [4.78, 5) is 7.44. The van der Waals surface area contributed by atoms with E-state index in [1.807, 2.05) is 52.7 Å². The lowest BCUT2D eigenvalue weighted by atomic mass is 10.2. The third kappa shape index (κ3) is 3.52. The average molecular weight is 315 g/mol. The van der Waals surface area contributed by atoms with E-state index in [0.29, 0.717) is 24.8 Å². The molecule has 0 amide bonds. The Bertz CT molecular complexity index is 695. The molecule has 5 nitrogen and oxygen atoms in total. The Labute approximate surface area is 132 Å². The third-order valence-corrected chi connectivity index (χ3v) is 4.01. The minimum atomic E-state index is -0.445. The van der Waals surface area contributed by atoms with Crippen molar-refractivity contribution < 1.29 is 9.63 Å². The van der Waals surface area contributed by atoms with Gasteiger partial charge in [-0.2, -0.15) is 4.98 Å². The molecule has 0 fully saturated rings. The predicted molar refractivity (Wildman–Crippen MR) is 86.8 cm³/mol. The molecule has 0 unspecified atom stereocenters. The SMILES string of the molecule is C[C@H](O)CN(Cc1nc(-c2cccs2)no1)c1ccccc1. The van der Waals surface area contributed by atoms with Gasteiger partial charge in [0.2, 0.25) is 11.7 Å². The molecule has 3 aromatic rings. The number of para-hydroxylation sites is 1. The number of hydrogen-bond donors (Lipinski definition) is 1. The van der Waals surface area contributed by atoms with Gasteiger partial charge in [-0.1, -0.05) is 29.4 Å². The number of nitrogens with zero attached hydrogens (tertiary/aromatic N) is 3. The van der Waals surface area contributed by atoms with Gasteiger partial charge in [-0.15, -0.1) is 11.3 Å². The first-order valence-electron chi connectivity index (χ1n) is 7.07. The molecule has 22 heavy (non-hydrogen) atoms. The fourth-order valence-electron chi connectivity index (χ4n) is 2.21. The molecule has 6 heteroatoms. The van der Waals surface area contributed by atoms with Gasteiger partial charge in [-0.05, 0) is 30.5 Å². The lowest BCUT2D eigenvalue weighted by Gasteiger charge is -2.24. The van der Waals surface area contributed by atoms with Crippen molar-refractivity contribution in [3.05, 3.63) is 53.7 Å². The van der Waals surface area contributed by atoms with Crippen LogP contribution in [0.25, 0.3) is 10.7 Å². The molecule has 0 aliphatic heterocycles. The summed E-state index contributed by atoms with van der Waals surface area (Å²) >= 11 is 1.58. The monoisotopic (exact) mass is 315 g/mol. The zero-order valence-corrected chi connectivity index (χ0v) is 13.0. The highest BCUT2D eigenvalue weighted by atomic mass is 32.1. The molecule has 0 aliphatic carbocycles. The lowest BCUT2D eigenvalue weighted by Crippen LogP contribution is -2.30. The molecular formula is C16H17N3O2S. The van der Waals surface area contributed by atoms with E-state index in [-0.39, 0.29) is 0 Å². The average Bonchev–Trinajstić information content (AvgIpc) is 3.18. The molecule has 0 aliphatic rings. The smallest absolute Gasteiger partial charge is 0.246 e. The van der Waals surface area contributed by atoms with Crippen molar-refractivity contribution in [2.24, 2.45) is 0 Å². The Kier molecular flexibility index (Phi) is 4.50. The Balaban J connectivity index is 1.79. The number of benzene rings is 1. The van der Waals surface area contributed by atoms with Crippen LogP contribution in [-0.4, -0.2) is 27.9 Å². The predicted octanol–water partition coefficient (Wildman–Crippen LogP) is 3.19. The molecule has 3 rings (SSSR count). The van der Waals surface area contributed by atoms with Crippen LogP contribution < -0.4 is 4.90 Å². The molecule has 0 spiro atoms. The summed E-state index contributed by atoms with van der Waals surface area (Å²) in [5.41, 5.74) is 1.01. The highest BCUT2D eigenvalue weighted by molar-refractivity contribution is 7.13. The molecule has 0 radical (unpaired) electrons. The zero-order chi connectivity index (χ0) is 15.4. The summed E-state index contributed by atoms with van der Waals surface area (Å²) in [5.74, 6) is 1.14. The number of aliphatic hydroxyl groups is 1. The molecular weight excluding hydrogens is 298 g/mol. The molecule has 2 aromatic heterocycles. The number of thiophene rings is 1. The standard InChI is InChI=1S/C16H17N3O2S/c1-12(20)10-19(13-6-3-2-4-7-13)11-15-17-16(18-21-15)14-8-5-9-22-14/h2-9,12,20H,10-11H2,1H3/t12-/m0/s1. The molecule has 0 bridgehead atoms. The Morgan fingerprint density at radius 3 is 2.73 bits per heavy atom. The van der Waals surface area contributed by atoms with Gasteiger partial charge in [0.25, 0.3) is 0 Å². The fourth-order valence-corrected chi connectivity index (χ4v) is 2.86. The summed E-state index contributed by atoms with van der Waals surface area (Å²) in [6.07, 6.45) is -0.445.